The van der Waals surface area contributed by atoms with E-state index in [1.54, 1.807) is 0 Å². The van der Waals surface area contributed by atoms with Crippen LogP contribution >= 0.6 is 23.2 Å². The molecule has 1 atom stereocenters. The highest BCUT2D eigenvalue weighted by molar-refractivity contribution is 6.36. The largest absolute Gasteiger partial charge is 0.507 e. The van der Waals surface area contributed by atoms with E-state index in [1.807, 2.05) is 24.3 Å². The van der Waals surface area contributed by atoms with Gasteiger partial charge in [-0.1, -0.05) is 23.7 Å². The summed E-state index contributed by atoms with van der Waals surface area (Å²) in [6, 6.07) is 7.49. The minimum Gasteiger partial charge on any atom is -0.507 e. The fourth-order valence-corrected chi connectivity index (χ4v) is 3.76. The highest BCUT2D eigenvalue weighted by Crippen LogP contribution is 2.49. The van der Waals surface area contributed by atoms with E-state index in [2.05, 4.69) is 25.7 Å². The molecular weight excluding hydrogens is 305 g/mol. The fraction of sp³-hybridized carbons (Fsp3) is 0.412. The van der Waals surface area contributed by atoms with Crippen LogP contribution in [-0.4, -0.2) is 23.1 Å². The third-order valence-electron chi connectivity index (χ3n) is 4.21. The number of hydrogen-bond acceptors (Lipinski definition) is 2. The number of benzene rings is 2. The fourth-order valence-electron chi connectivity index (χ4n) is 3.23. The summed E-state index contributed by atoms with van der Waals surface area (Å²) >= 11 is 12.6. The van der Waals surface area contributed by atoms with Crippen LogP contribution in [0.2, 0.25) is 5.02 Å². The molecule has 1 N–H and O–H groups in total. The van der Waals surface area contributed by atoms with Gasteiger partial charge in [0, 0.05) is 51.4 Å². The van der Waals surface area contributed by atoms with Crippen molar-refractivity contribution in [2.75, 3.05) is 17.3 Å². The maximum Gasteiger partial charge on any atom is 0.125 e. The van der Waals surface area contributed by atoms with Gasteiger partial charge in [-0.05, 0) is 32.4 Å². The normalized spacial score (nSPS) is 18.3. The van der Waals surface area contributed by atoms with Crippen LogP contribution in [0.1, 0.15) is 32.3 Å². The lowest BCUT2D eigenvalue weighted by Crippen LogP contribution is -2.40. The third-order valence-corrected chi connectivity index (χ3v) is 4.89. The summed E-state index contributed by atoms with van der Waals surface area (Å²) in [4.78, 5) is 2.30. The summed E-state index contributed by atoms with van der Waals surface area (Å²) < 4.78 is 0. The van der Waals surface area contributed by atoms with Gasteiger partial charge in [0.05, 0.1) is 0 Å². The van der Waals surface area contributed by atoms with Gasteiger partial charge < -0.3 is 10.0 Å². The molecule has 1 unspecified atom stereocenters. The van der Waals surface area contributed by atoms with Gasteiger partial charge in [0.15, 0.2) is 0 Å². The predicted molar refractivity (Wildman–Crippen MR) is 91.2 cm³/mol. The van der Waals surface area contributed by atoms with Gasteiger partial charge >= 0.3 is 0 Å². The summed E-state index contributed by atoms with van der Waals surface area (Å²) in [6.45, 7) is 7.36. The van der Waals surface area contributed by atoms with Crippen LogP contribution in [0.25, 0.3) is 10.8 Å². The Morgan fingerprint density at radius 2 is 2.05 bits per heavy atom. The van der Waals surface area contributed by atoms with Crippen molar-refractivity contribution in [1.29, 1.82) is 0 Å². The summed E-state index contributed by atoms with van der Waals surface area (Å²) in [6.07, 6.45) is 0. The van der Waals surface area contributed by atoms with Crippen LogP contribution in [0.3, 0.4) is 0 Å². The first-order valence-corrected chi connectivity index (χ1v) is 8.03. The van der Waals surface area contributed by atoms with Gasteiger partial charge in [-0.15, -0.1) is 11.6 Å². The molecule has 2 aromatic carbocycles. The number of alkyl halides is 1. The first-order valence-electron chi connectivity index (χ1n) is 7.12. The number of hydrogen-bond donors (Lipinski definition) is 1. The number of aromatic hydroxyl groups is 1. The van der Waals surface area contributed by atoms with Crippen LogP contribution in [0.4, 0.5) is 5.69 Å². The Bertz CT molecular complexity index is 706. The average Bonchev–Trinajstić information content (AvgIpc) is 2.77. The molecule has 112 valence electrons. The molecule has 0 saturated carbocycles. The van der Waals surface area contributed by atoms with Gasteiger partial charge in [0.25, 0.3) is 0 Å². The standard InChI is InChI=1S/C17H19Cl2NO/c1-17(2,3)20-9-10(8-18)15-13(20)7-14(21)11-5-4-6-12(19)16(11)15/h4-7,10,21H,8-9H2,1-3H3. The molecule has 21 heavy (non-hydrogen) atoms. The van der Waals surface area contributed by atoms with Crippen molar-refractivity contribution in [3.63, 3.8) is 0 Å². The molecule has 0 fully saturated rings. The number of rotatable bonds is 1. The molecule has 0 aromatic heterocycles. The van der Waals surface area contributed by atoms with E-state index in [0.717, 1.165) is 23.0 Å². The van der Waals surface area contributed by atoms with Crippen LogP contribution in [0.5, 0.6) is 5.75 Å². The SMILES string of the molecule is CC(C)(C)N1CC(CCl)c2c1cc(O)c1cccc(Cl)c21. The molecule has 4 heteroatoms. The molecule has 2 aromatic rings. The highest BCUT2D eigenvalue weighted by atomic mass is 35.5. The van der Waals surface area contributed by atoms with Crippen molar-refractivity contribution in [1.82, 2.24) is 0 Å². The number of halogens is 2. The summed E-state index contributed by atoms with van der Waals surface area (Å²) in [5, 5.41) is 12.8. The Hall–Kier alpha value is -1.12. The predicted octanol–water partition coefficient (Wildman–Crippen LogP) is 5.14. The number of nitrogens with zero attached hydrogens (tertiary/aromatic N) is 1. The second-order valence-electron chi connectivity index (χ2n) is 6.62. The van der Waals surface area contributed by atoms with Crippen molar-refractivity contribution in [3.05, 3.63) is 34.9 Å². The molecule has 2 nitrogen and oxygen atoms in total. The van der Waals surface area contributed by atoms with Crippen molar-refractivity contribution in [2.24, 2.45) is 0 Å². The zero-order valence-electron chi connectivity index (χ0n) is 12.5. The van der Waals surface area contributed by atoms with E-state index >= 15 is 0 Å². The van der Waals surface area contributed by atoms with Gasteiger partial charge in [-0.25, -0.2) is 0 Å². The lowest BCUT2D eigenvalue weighted by molar-refractivity contribution is 0.479. The second-order valence-corrected chi connectivity index (χ2v) is 7.34. The Labute approximate surface area is 135 Å². The van der Waals surface area contributed by atoms with Crippen molar-refractivity contribution < 1.29 is 5.11 Å². The van der Waals surface area contributed by atoms with E-state index in [1.165, 1.54) is 5.56 Å². The Morgan fingerprint density at radius 1 is 1.33 bits per heavy atom. The zero-order valence-corrected chi connectivity index (χ0v) is 14.0. The Balaban J connectivity index is 2.37. The number of phenols is 1. The quantitative estimate of drug-likeness (QED) is 0.734. The number of anilines is 1. The van der Waals surface area contributed by atoms with E-state index in [4.69, 9.17) is 23.2 Å². The monoisotopic (exact) mass is 323 g/mol. The second kappa shape index (κ2) is 4.96. The van der Waals surface area contributed by atoms with E-state index in [9.17, 15) is 5.11 Å². The molecule has 0 saturated heterocycles. The van der Waals surface area contributed by atoms with E-state index in [-0.39, 0.29) is 17.2 Å². The zero-order chi connectivity index (χ0) is 15.4. The van der Waals surface area contributed by atoms with Gasteiger partial charge in [0.2, 0.25) is 0 Å². The van der Waals surface area contributed by atoms with Crippen LogP contribution in [-0.2, 0) is 0 Å². The van der Waals surface area contributed by atoms with E-state index < -0.39 is 0 Å². The van der Waals surface area contributed by atoms with Crippen molar-refractivity contribution >= 4 is 39.7 Å². The van der Waals surface area contributed by atoms with E-state index in [0.29, 0.717) is 10.9 Å². The Morgan fingerprint density at radius 3 is 2.67 bits per heavy atom. The molecule has 1 aliphatic rings. The van der Waals surface area contributed by atoms with Crippen molar-refractivity contribution in [2.45, 2.75) is 32.2 Å². The molecule has 0 aliphatic carbocycles. The smallest absolute Gasteiger partial charge is 0.125 e. The first-order chi connectivity index (χ1) is 9.84. The van der Waals surface area contributed by atoms with Crippen LogP contribution in [0.15, 0.2) is 24.3 Å². The van der Waals surface area contributed by atoms with Gasteiger partial charge in [0.1, 0.15) is 5.75 Å². The minimum atomic E-state index is -0.0308. The van der Waals surface area contributed by atoms with Gasteiger partial charge in [-0.3, -0.25) is 0 Å². The van der Waals surface area contributed by atoms with Gasteiger partial charge in [-0.2, -0.15) is 0 Å². The first kappa shape index (κ1) is 14.8. The molecule has 3 rings (SSSR count). The minimum absolute atomic E-state index is 0.0308. The summed E-state index contributed by atoms with van der Waals surface area (Å²) in [5.41, 5.74) is 2.18. The van der Waals surface area contributed by atoms with Crippen molar-refractivity contribution in [3.8, 4) is 5.75 Å². The molecule has 1 heterocycles. The molecule has 0 bridgehead atoms. The topological polar surface area (TPSA) is 23.5 Å². The Kier molecular flexibility index (Phi) is 3.50. The van der Waals surface area contributed by atoms with Crippen LogP contribution < -0.4 is 4.90 Å². The maximum atomic E-state index is 10.4. The maximum absolute atomic E-state index is 10.4. The third kappa shape index (κ3) is 2.25. The summed E-state index contributed by atoms with van der Waals surface area (Å²) in [5.74, 6) is 1.05. The lowest BCUT2D eigenvalue weighted by Gasteiger charge is -2.35. The van der Waals surface area contributed by atoms with Crippen LogP contribution in [0, 0.1) is 0 Å². The summed E-state index contributed by atoms with van der Waals surface area (Å²) in [7, 11) is 0. The molecule has 0 spiro atoms. The molecule has 0 radical (unpaired) electrons. The molecule has 1 aliphatic heterocycles. The average molecular weight is 324 g/mol. The molecular formula is C17H19Cl2NO. The highest BCUT2D eigenvalue weighted by Gasteiger charge is 2.36. The molecule has 0 amide bonds. The number of phenolic OH excluding ortho intramolecular Hbond substituents is 1. The lowest BCUT2D eigenvalue weighted by atomic mass is 9.95. The number of fused-ring (bicyclic) bond motifs is 3.